The molecule has 6 nitrogen and oxygen atoms in total. The van der Waals surface area contributed by atoms with E-state index in [0.29, 0.717) is 18.7 Å². The van der Waals surface area contributed by atoms with Crippen LogP contribution in [0.5, 0.6) is 0 Å². The normalized spacial score (nSPS) is 12.2. The van der Waals surface area contributed by atoms with Crippen LogP contribution in [0.3, 0.4) is 0 Å². The third kappa shape index (κ3) is 9.42. The molecule has 0 aliphatic carbocycles. The average molecular weight is 411 g/mol. The minimum Gasteiger partial charge on any atom is -0.444 e. The lowest BCUT2D eigenvalue weighted by molar-refractivity contribution is 0.0534. The lowest BCUT2D eigenvalue weighted by atomic mass is 10.2. The molecular weight excluding hydrogens is 383 g/mol. The van der Waals surface area contributed by atoms with E-state index in [1.165, 1.54) is 12.1 Å². The molecule has 2 N–H and O–H groups in total. The number of carbonyl (C=O) groups is 1. The van der Waals surface area contributed by atoms with Crippen LogP contribution in [-0.4, -0.2) is 39.0 Å². The summed E-state index contributed by atoms with van der Waals surface area (Å²) < 4.78 is 43.8. The third-order valence-corrected chi connectivity index (χ3v) is 4.94. The molecule has 0 saturated carbocycles. The molecule has 0 radical (unpaired) electrons. The summed E-state index contributed by atoms with van der Waals surface area (Å²) >= 11 is 0. The van der Waals surface area contributed by atoms with Crippen LogP contribution in [0.4, 0.5) is 14.9 Å². The molecule has 8 heteroatoms. The fraction of sp³-hybridized carbons (Fsp3) is 0.450. The second-order valence-electron chi connectivity index (χ2n) is 7.06. The van der Waals surface area contributed by atoms with Crippen molar-refractivity contribution in [3.05, 3.63) is 36.2 Å². The number of hydrogen-bond donors (Lipinski definition) is 2. The lowest BCUT2D eigenvalue weighted by Gasteiger charge is -2.19. The Bertz CT molecular complexity index is 836. The summed E-state index contributed by atoms with van der Waals surface area (Å²) in [6.07, 6.45) is 6.87. The van der Waals surface area contributed by atoms with Gasteiger partial charge in [0.2, 0.25) is 0 Å². The number of anilines is 1. The van der Waals surface area contributed by atoms with Crippen molar-refractivity contribution in [2.45, 2.75) is 44.1 Å². The molecule has 1 amide bonds. The van der Waals surface area contributed by atoms with Crippen molar-refractivity contribution < 1.29 is 22.3 Å². The average Bonchev–Trinajstić information content (AvgIpc) is 2.57. The van der Waals surface area contributed by atoms with Gasteiger partial charge in [-0.1, -0.05) is 6.07 Å². The van der Waals surface area contributed by atoms with Crippen LogP contribution in [0, 0.1) is 12.3 Å². The van der Waals surface area contributed by atoms with Crippen molar-refractivity contribution in [3.8, 4) is 12.3 Å². The molecule has 0 spiro atoms. The van der Waals surface area contributed by atoms with Gasteiger partial charge in [-0.2, -0.15) is 0 Å². The highest BCUT2D eigenvalue weighted by Gasteiger charge is 2.18. The number of terminal acetylenes is 1. The van der Waals surface area contributed by atoms with Gasteiger partial charge >= 0.3 is 6.09 Å². The van der Waals surface area contributed by atoms with Gasteiger partial charge in [0.05, 0.1) is 4.90 Å². The molecule has 0 bridgehead atoms. The quantitative estimate of drug-likeness (QED) is 0.479. The molecule has 0 unspecified atom stereocenters. The van der Waals surface area contributed by atoms with Crippen molar-refractivity contribution in [2.75, 3.05) is 24.2 Å². The van der Waals surface area contributed by atoms with Gasteiger partial charge in [0.1, 0.15) is 17.2 Å². The number of nitrogens with one attached hydrogen (secondary N) is 2. The van der Waals surface area contributed by atoms with Crippen LogP contribution in [0.1, 0.15) is 33.6 Å². The number of halogens is 1. The minimum absolute atomic E-state index is 0.0121. The predicted molar refractivity (Wildman–Crippen MR) is 108 cm³/mol. The Kier molecular flexibility index (Phi) is 9.00. The molecule has 1 rings (SSSR count). The number of sulfone groups is 1. The van der Waals surface area contributed by atoms with Crippen LogP contribution in [0.25, 0.3) is 0 Å². The summed E-state index contributed by atoms with van der Waals surface area (Å²) in [4.78, 5) is 11.5. The number of hydrogen-bond acceptors (Lipinski definition) is 5. The van der Waals surface area contributed by atoms with E-state index in [0.717, 1.165) is 12.5 Å². The maximum absolute atomic E-state index is 14.0. The number of amides is 1. The number of rotatable bonds is 9. The molecule has 0 atom stereocenters. The van der Waals surface area contributed by atoms with Gasteiger partial charge in [0, 0.05) is 25.2 Å². The maximum atomic E-state index is 14.0. The molecule has 0 heterocycles. The Balaban J connectivity index is 2.64. The molecular formula is C20H27FN2O4S. The highest BCUT2D eigenvalue weighted by atomic mass is 32.2. The smallest absolute Gasteiger partial charge is 0.407 e. The highest BCUT2D eigenvalue weighted by molar-refractivity contribution is 7.91. The van der Waals surface area contributed by atoms with Crippen LogP contribution < -0.4 is 10.6 Å². The first-order chi connectivity index (χ1) is 13.0. The molecule has 154 valence electrons. The van der Waals surface area contributed by atoms with Crippen molar-refractivity contribution in [1.29, 1.82) is 0 Å². The van der Waals surface area contributed by atoms with Gasteiger partial charge in [0.25, 0.3) is 0 Å². The summed E-state index contributed by atoms with van der Waals surface area (Å²) in [5, 5.41) is 5.42. The van der Waals surface area contributed by atoms with Gasteiger partial charge in [0.15, 0.2) is 9.84 Å². The third-order valence-electron chi connectivity index (χ3n) is 3.32. The van der Waals surface area contributed by atoms with Crippen LogP contribution in [0.15, 0.2) is 41.1 Å². The zero-order valence-corrected chi connectivity index (χ0v) is 17.2. The second-order valence-corrected chi connectivity index (χ2v) is 9.04. The predicted octanol–water partition coefficient (Wildman–Crippen LogP) is 3.66. The monoisotopic (exact) mass is 410 g/mol. The van der Waals surface area contributed by atoms with E-state index in [-0.39, 0.29) is 11.4 Å². The number of benzene rings is 1. The van der Waals surface area contributed by atoms with E-state index in [1.54, 1.807) is 32.9 Å². The van der Waals surface area contributed by atoms with Crippen molar-refractivity contribution in [1.82, 2.24) is 5.32 Å². The first-order valence-corrected chi connectivity index (χ1v) is 10.5. The maximum Gasteiger partial charge on any atom is 0.407 e. The van der Waals surface area contributed by atoms with E-state index in [1.807, 2.05) is 0 Å². The summed E-state index contributed by atoms with van der Waals surface area (Å²) in [5.74, 6) is 0.882. The molecule has 0 aromatic heterocycles. The standard InChI is InChI=1S/C20H27FN2O4S/c1-5-6-7-12-22-17-9-8-10-18(14-17)28(25,26)15-16(21)11-13-23-19(24)27-20(2,3)4/h1,8-11,14,22H,6-7,12-13,15H2,2-4H3,(H,23,24)/b16-11-. The summed E-state index contributed by atoms with van der Waals surface area (Å²) in [6, 6.07) is 6.18. The Morgan fingerprint density at radius 3 is 2.71 bits per heavy atom. The number of unbranched alkanes of at least 4 members (excludes halogenated alkanes) is 1. The molecule has 0 aliphatic heterocycles. The van der Waals surface area contributed by atoms with E-state index in [4.69, 9.17) is 11.2 Å². The Morgan fingerprint density at radius 1 is 1.36 bits per heavy atom. The largest absolute Gasteiger partial charge is 0.444 e. The molecule has 1 aromatic rings. The molecule has 1 aromatic carbocycles. The first kappa shape index (κ1) is 23.5. The van der Waals surface area contributed by atoms with Gasteiger partial charge in [-0.25, -0.2) is 17.6 Å². The minimum atomic E-state index is -3.86. The summed E-state index contributed by atoms with van der Waals surface area (Å²) in [5.41, 5.74) is -0.0516. The number of alkyl carbamates (subject to hydrolysis) is 1. The molecule has 0 saturated heterocycles. The van der Waals surface area contributed by atoms with Gasteiger partial charge < -0.3 is 15.4 Å². The van der Waals surface area contributed by atoms with Crippen molar-refractivity contribution >= 4 is 21.6 Å². The number of carbonyl (C=O) groups excluding carboxylic acids is 1. The Morgan fingerprint density at radius 2 is 2.07 bits per heavy atom. The highest BCUT2D eigenvalue weighted by Crippen LogP contribution is 2.19. The molecule has 28 heavy (non-hydrogen) atoms. The zero-order valence-electron chi connectivity index (χ0n) is 16.4. The lowest BCUT2D eigenvalue weighted by Crippen LogP contribution is -2.32. The number of ether oxygens (including phenoxy) is 1. The van der Waals surface area contributed by atoms with Gasteiger partial charge in [-0.05, 0) is 51.5 Å². The molecule has 0 aliphatic rings. The van der Waals surface area contributed by atoms with Gasteiger partial charge in [-0.15, -0.1) is 12.3 Å². The van der Waals surface area contributed by atoms with Gasteiger partial charge in [-0.3, -0.25) is 0 Å². The van der Waals surface area contributed by atoms with E-state index in [9.17, 15) is 17.6 Å². The first-order valence-electron chi connectivity index (χ1n) is 8.85. The SMILES string of the molecule is C#CCCCNc1cccc(S(=O)(=O)C/C(F)=C/CNC(=O)OC(C)(C)C)c1. The topological polar surface area (TPSA) is 84.5 Å². The zero-order chi connectivity index (χ0) is 21.2. The Hall–Kier alpha value is -2.53. The van der Waals surface area contributed by atoms with Crippen molar-refractivity contribution in [3.63, 3.8) is 0 Å². The van der Waals surface area contributed by atoms with Crippen LogP contribution in [-0.2, 0) is 14.6 Å². The van der Waals surface area contributed by atoms with Crippen LogP contribution in [0.2, 0.25) is 0 Å². The van der Waals surface area contributed by atoms with E-state index in [2.05, 4.69) is 16.6 Å². The fourth-order valence-electron chi connectivity index (χ4n) is 2.11. The van der Waals surface area contributed by atoms with Crippen LogP contribution >= 0.6 is 0 Å². The summed E-state index contributed by atoms with van der Waals surface area (Å²) in [6.45, 7) is 5.54. The summed E-state index contributed by atoms with van der Waals surface area (Å²) in [7, 11) is -3.86. The van der Waals surface area contributed by atoms with E-state index >= 15 is 0 Å². The second kappa shape index (κ2) is 10.7. The fourth-order valence-corrected chi connectivity index (χ4v) is 3.35. The molecule has 0 fully saturated rings. The van der Waals surface area contributed by atoms with Crippen molar-refractivity contribution in [2.24, 2.45) is 0 Å². The van der Waals surface area contributed by atoms with E-state index < -0.39 is 33.1 Å². The Labute approximate surface area is 166 Å².